The Hall–Kier alpha value is -2.48. The van der Waals surface area contributed by atoms with Crippen LogP contribution in [0.2, 0.25) is 0 Å². The molecule has 2 aromatic heterocycles. The summed E-state index contributed by atoms with van der Waals surface area (Å²) in [4.78, 5) is 23.2. The van der Waals surface area contributed by atoms with Crippen LogP contribution in [-0.2, 0) is 9.53 Å². The highest BCUT2D eigenvalue weighted by Gasteiger charge is 2.28. The molecule has 2 aromatic rings. The van der Waals surface area contributed by atoms with Crippen LogP contribution >= 0.6 is 0 Å². The van der Waals surface area contributed by atoms with Gasteiger partial charge in [0.1, 0.15) is 0 Å². The highest BCUT2D eigenvalue weighted by Crippen LogP contribution is 2.29. The first kappa shape index (κ1) is 15.1. The molecule has 0 aliphatic carbocycles. The summed E-state index contributed by atoms with van der Waals surface area (Å²) in [6, 6.07) is 0. The van der Waals surface area contributed by atoms with Crippen molar-refractivity contribution < 1.29 is 9.53 Å². The molecule has 0 aromatic carbocycles. The second kappa shape index (κ2) is 6.56. The molecular weight excluding hydrogens is 308 g/mol. The molecule has 24 heavy (non-hydrogen) atoms. The van der Waals surface area contributed by atoms with Crippen molar-refractivity contribution in [2.75, 3.05) is 36.5 Å². The van der Waals surface area contributed by atoms with E-state index >= 15 is 0 Å². The number of anilines is 2. The summed E-state index contributed by atoms with van der Waals surface area (Å²) in [5, 5.41) is 9.76. The molecule has 2 aliphatic heterocycles. The first-order valence-corrected chi connectivity index (χ1v) is 8.29. The zero-order chi connectivity index (χ0) is 16.4. The van der Waals surface area contributed by atoms with Crippen LogP contribution < -0.4 is 10.2 Å². The van der Waals surface area contributed by atoms with Gasteiger partial charge in [-0.05, 0) is 25.2 Å². The van der Waals surface area contributed by atoms with Crippen LogP contribution in [-0.4, -0.2) is 52.4 Å². The van der Waals surface area contributed by atoms with Crippen molar-refractivity contribution in [1.29, 1.82) is 0 Å². The summed E-state index contributed by atoms with van der Waals surface area (Å²) < 4.78 is 5.40. The zero-order valence-electron chi connectivity index (χ0n) is 13.4. The van der Waals surface area contributed by atoms with Gasteiger partial charge in [-0.25, -0.2) is 9.97 Å². The van der Waals surface area contributed by atoms with Crippen molar-refractivity contribution in [3.63, 3.8) is 0 Å². The van der Waals surface area contributed by atoms with Crippen molar-refractivity contribution in [1.82, 2.24) is 20.2 Å². The lowest BCUT2D eigenvalue weighted by Crippen LogP contribution is -2.42. The van der Waals surface area contributed by atoms with Gasteiger partial charge in [0, 0.05) is 31.5 Å². The highest BCUT2D eigenvalue weighted by atomic mass is 16.5. The molecule has 0 spiro atoms. The molecule has 8 heteroatoms. The molecule has 2 aliphatic rings. The van der Waals surface area contributed by atoms with Crippen LogP contribution in [0.3, 0.4) is 0 Å². The summed E-state index contributed by atoms with van der Waals surface area (Å²) >= 11 is 0. The van der Waals surface area contributed by atoms with Crippen molar-refractivity contribution >= 4 is 17.5 Å². The van der Waals surface area contributed by atoms with Gasteiger partial charge in [-0.3, -0.25) is 14.8 Å². The minimum Gasteiger partial charge on any atom is -0.381 e. The lowest BCUT2D eigenvalue weighted by atomic mass is 9.96. The van der Waals surface area contributed by atoms with Crippen molar-refractivity contribution in [2.45, 2.75) is 19.3 Å². The Bertz CT molecular complexity index is 711. The number of fused-ring (bicyclic) bond motifs is 1. The standard InChI is InChI=1S/C16H20N6O2/c23-14-10-18-15-16(21-13(9-17-15)12-7-19-20-8-12)22(14)4-1-11-2-5-24-6-3-11/h7-9,11H,1-6,10H2,(H,17,18)(H,19,20). The van der Waals surface area contributed by atoms with E-state index in [-0.39, 0.29) is 12.5 Å². The summed E-state index contributed by atoms with van der Waals surface area (Å²) in [6.07, 6.45) is 8.25. The number of ether oxygens (including phenoxy) is 1. The molecule has 0 saturated carbocycles. The largest absolute Gasteiger partial charge is 0.381 e. The number of nitrogens with zero attached hydrogens (tertiary/aromatic N) is 4. The average molecular weight is 328 g/mol. The minimum atomic E-state index is 0.0354. The second-order valence-electron chi connectivity index (χ2n) is 6.16. The molecule has 1 saturated heterocycles. The number of nitrogens with one attached hydrogen (secondary N) is 2. The fourth-order valence-electron chi connectivity index (χ4n) is 3.17. The van der Waals surface area contributed by atoms with Gasteiger partial charge in [-0.2, -0.15) is 5.10 Å². The number of rotatable bonds is 4. The van der Waals surface area contributed by atoms with Crippen LogP contribution in [0.15, 0.2) is 18.6 Å². The van der Waals surface area contributed by atoms with E-state index in [9.17, 15) is 4.79 Å². The number of carbonyl (C=O) groups is 1. The third kappa shape index (κ3) is 2.96. The molecule has 0 unspecified atom stereocenters. The topological polar surface area (TPSA) is 96.0 Å². The normalized spacial score (nSPS) is 18.3. The molecule has 1 amide bonds. The van der Waals surface area contributed by atoms with Crippen LogP contribution in [0.4, 0.5) is 11.6 Å². The Labute approximate surface area is 139 Å². The Morgan fingerprint density at radius 1 is 1.29 bits per heavy atom. The van der Waals surface area contributed by atoms with E-state index in [1.165, 1.54) is 0 Å². The number of hydrogen-bond donors (Lipinski definition) is 2. The molecule has 1 fully saturated rings. The number of carbonyl (C=O) groups excluding carboxylic acids is 1. The quantitative estimate of drug-likeness (QED) is 0.882. The highest BCUT2D eigenvalue weighted by molar-refractivity contribution is 6.00. The summed E-state index contributed by atoms with van der Waals surface area (Å²) in [5.41, 5.74) is 1.56. The van der Waals surface area contributed by atoms with Gasteiger partial charge in [0.15, 0.2) is 11.6 Å². The third-order valence-electron chi connectivity index (χ3n) is 4.61. The number of hydrogen-bond acceptors (Lipinski definition) is 6. The Morgan fingerprint density at radius 2 is 2.17 bits per heavy atom. The van der Waals surface area contributed by atoms with Gasteiger partial charge in [-0.1, -0.05) is 0 Å². The van der Waals surface area contributed by atoms with E-state index in [1.807, 2.05) is 0 Å². The zero-order valence-corrected chi connectivity index (χ0v) is 13.4. The Morgan fingerprint density at radius 3 is 2.96 bits per heavy atom. The Balaban J connectivity index is 1.56. The van der Waals surface area contributed by atoms with E-state index < -0.39 is 0 Å². The molecule has 4 rings (SSSR count). The van der Waals surface area contributed by atoms with E-state index in [1.54, 1.807) is 23.5 Å². The van der Waals surface area contributed by atoms with Crippen LogP contribution in [0.25, 0.3) is 11.3 Å². The monoisotopic (exact) mass is 328 g/mol. The predicted octanol–water partition coefficient (Wildman–Crippen LogP) is 1.44. The molecular formula is C16H20N6O2. The van der Waals surface area contributed by atoms with E-state index in [4.69, 9.17) is 4.74 Å². The first-order valence-electron chi connectivity index (χ1n) is 8.29. The van der Waals surface area contributed by atoms with Crippen molar-refractivity contribution in [3.05, 3.63) is 18.6 Å². The van der Waals surface area contributed by atoms with Crippen LogP contribution in [0.1, 0.15) is 19.3 Å². The summed E-state index contributed by atoms with van der Waals surface area (Å²) in [5.74, 6) is 1.91. The molecule has 4 heterocycles. The van der Waals surface area contributed by atoms with Crippen molar-refractivity contribution in [3.8, 4) is 11.3 Å². The van der Waals surface area contributed by atoms with Crippen LogP contribution in [0.5, 0.6) is 0 Å². The number of aromatic nitrogens is 4. The maximum Gasteiger partial charge on any atom is 0.247 e. The fourth-order valence-corrected chi connectivity index (χ4v) is 3.17. The number of aromatic amines is 1. The molecule has 0 bridgehead atoms. The van der Waals surface area contributed by atoms with Gasteiger partial charge >= 0.3 is 0 Å². The number of amides is 1. The van der Waals surface area contributed by atoms with Gasteiger partial charge in [-0.15, -0.1) is 0 Å². The minimum absolute atomic E-state index is 0.0354. The van der Waals surface area contributed by atoms with Gasteiger partial charge < -0.3 is 10.1 Å². The summed E-state index contributed by atoms with van der Waals surface area (Å²) in [6.45, 7) is 2.57. The average Bonchev–Trinajstić information content (AvgIpc) is 3.16. The van der Waals surface area contributed by atoms with E-state index in [0.29, 0.717) is 29.8 Å². The SMILES string of the molecule is O=C1CNc2ncc(-c3cn[nH]c3)nc2N1CCC1CCOCC1. The van der Waals surface area contributed by atoms with E-state index in [2.05, 4.69) is 25.5 Å². The Kier molecular flexibility index (Phi) is 4.12. The van der Waals surface area contributed by atoms with Gasteiger partial charge in [0.05, 0.1) is 24.6 Å². The van der Waals surface area contributed by atoms with Crippen molar-refractivity contribution in [2.24, 2.45) is 5.92 Å². The second-order valence-corrected chi connectivity index (χ2v) is 6.16. The molecule has 0 radical (unpaired) electrons. The van der Waals surface area contributed by atoms with Gasteiger partial charge in [0.25, 0.3) is 0 Å². The molecule has 0 atom stereocenters. The molecule has 2 N–H and O–H groups in total. The smallest absolute Gasteiger partial charge is 0.247 e. The first-order chi connectivity index (χ1) is 11.8. The van der Waals surface area contributed by atoms with E-state index in [0.717, 1.165) is 38.0 Å². The predicted molar refractivity (Wildman–Crippen MR) is 88.6 cm³/mol. The van der Waals surface area contributed by atoms with Gasteiger partial charge in [0.2, 0.25) is 5.91 Å². The summed E-state index contributed by atoms with van der Waals surface area (Å²) in [7, 11) is 0. The number of H-pyrrole nitrogens is 1. The lowest BCUT2D eigenvalue weighted by Gasteiger charge is -2.30. The third-order valence-corrected chi connectivity index (χ3v) is 4.61. The maximum atomic E-state index is 12.4. The fraction of sp³-hybridized carbons (Fsp3) is 0.500. The maximum absolute atomic E-state index is 12.4. The molecule has 8 nitrogen and oxygen atoms in total. The van der Waals surface area contributed by atoms with Crippen LogP contribution in [0, 0.1) is 5.92 Å². The lowest BCUT2D eigenvalue weighted by molar-refractivity contribution is -0.117. The molecule has 126 valence electrons.